The summed E-state index contributed by atoms with van der Waals surface area (Å²) in [6.45, 7) is 6.77. The Balaban J connectivity index is 1.96. The van der Waals surface area contributed by atoms with Gasteiger partial charge in [-0.25, -0.2) is 0 Å². The predicted octanol–water partition coefficient (Wildman–Crippen LogP) is 3.37. The quantitative estimate of drug-likeness (QED) is 0.912. The molecule has 0 aliphatic carbocycles. The van der Waals surface area contributed by atoms with Crippen molar-refractivity contribution in [2.24, 2.45) is 0 Å². The molecule has 21 heavy (non-hydrogen) atoms. The third-order valence-electron chi connectivity index (χ3n) is 4.47. The van der Waals surface area contributed by atoms with E-state index in [4.69, 9.17) is 0 Å². The number of pyridine rings is 1. The standard InChI is InChI=1S/C18H25N3/c1-2-3-8-18(21-13-11-19-12-14-21)16-9-10-20-17-7-5-4-6-15(16)17/h4-7,9-10,18-19H,2-3,8,11-14H2,1H3/t18-/m1/s1. The van der Waals surface area contributed by atoms with Crippen LogP contribution >= 0.6 is 0 Å². The molecule has 1 saturated heterocycles. The molecule has 1 atom stereocenters. The van der Waals surface area contributed by atoms with E-state index in [9.17, 15) is 0 Å². The second kappa shape index (κ2) is 7.01. The summed E-state index contributed by atoms with van der Waals surface area (Å²) < 4.78 is 0. The van der Waals surface area contributed by atoms with E-state index in [1.165, 1.54) is 30.2 Å². The molecule has 1 aliphatic rings. The maximum atomic E-state index is 4.52. The van der Waals surface area contributed by atoms with E-state index in [0.717, 1.165) is 31.7 Å². The molecular weight excluding hydrogens is 258 g/mol. The van der Waals surface area contributed by atoms with Gasteiger partial charge in [0.2, 0.25) is 0 Å². The zero-order valence-electron chi connectivity index (χ0n) is 12.9. The number of nitrogens with one attached hydrogen (secondary N) is 1. The van der Waals surface area contributed by atoms with Crippen molar-refractivity contribution in [3.63, 3.8) is 0 Å². The molecule has 0 amide bonds. The summed E-state index contributed by atoms with van der Waals surface area (Å²) in [6, 6.07) is 11.3. The first-order valence-corrected chi connectivity index (χ1v) is 8.18. The van der Waals surface area contributed by atoms with E-state index in [-0.39, 0.29) is 0 Å². The molecule has 1 aromatic heterocycles. The first-order valence-electron chi connectivity index (χ1n) is 8.18. The van der Waals surface area contributed by atoms with Crippen LogP contribution in [0.1, 0.15) is 37.8 Å². The highest BCUT2D eigenvalue weighted by atomic mass is 15.2. The number of nitrogens with zero attached hydrogens (tertiary/aromatic N) is 2. The molecule has 0 spiro atoms. The SMILES string of the molecule is CCCC[C@H](c1ccnc2ccccc12)N1CCNCC1. The van der Waals surface area contributed by atoms with Gasteiger partial charge in [0.05, 0.1) is 5.52 Å². The number of para-hydroxylation sites is 1. The van der Waals surface area contributed by atoms with Gasteiger partial charge in [-0.3, -0.25) is 9.88 Å². The second-order valence-electron chi connectivity index (χ2n) is 5.86. The van der Waals surface area contributed by atoms with E-state index in [2.05, 4.69) is 52.5 Å². The van der Waals surface area contributed by atoms with Crippen LogP contribution in [0.25, 0.3) is 10.9 Å². The molecule has 0 unspecified atom stereocenters. The molecule has 3 heteroatoms. The highest BCUT2D eigenvalue weighted by Gasteiger charge is 2.23. The lowest BCUT2D eigenvalue weighted by Crippen LogP contribution is -2.45. The topological polar surface area (TPSA) is 28.2 Å². The summed E-state index contributed by atoms with van der Waals surface area (Å²) in [5, 5.41) is 4.78. The molecule has 1 fully saturated rings. The zero-order valence-corrected chi connectivity index (χ0v) is 12.9. The number of piperazine rings is 1. The number of aromatic nitrogens is 1. The molecule has 1 aliphatic heterocycles. The van der Waals surface area contributed by atoms with Crippen LogP contribution < -0.4 is 5.32 Å². The molecule has 1 aromatic carbocycles. The van der Waals surface area contributed by atoms with Crippen molar-refractivity contribution in [1.82, 2.24) is 15.2 Å². The number of benzene rings is 1. The van der Waals surface area contributed by atoms with Gasteiger partial charge in [0.25, 0.3) is 0 Å². The van der Waals surface area contributed by atoms with Gasteiger partial charge in [-0.1, -0.05) is 38.0 Å². The zero-order chi connectivity index (χ0) is 14.5. The van der Waals surface area contributed by atoms with Crippen LogP contribution in [0, 0.1) is 0 Å². The van der Waals surface area contributed by atoms with E-state index >= 15 is 0 Å². The van der Waals surface area contributed by atoms with Gasteiger partial charge in [0.15, 0.2) is 0 Å². The average molecular weight is 283 g/mol. The molecular formula is C18H25N3. The summed E-state index contributed by atoms with van der Waals surface area (Å²) in [4.78, 5) is 7.17. The first kappa shape index (κ1) is 14.5. The normalized spacial score (nSPS) is 18.0. The van der Waals surface area contributed by atoms with Crippen LogP contribution in [-0.2, 0) is 0 Å². The minimum absolute atomic E-state index is 0.528. The van der Waals surface area contributed by atoms with E-state index in [0.29, 0.717) is 6.04 Å². The molecule has 2 aromatic rings. The average Bonchev–Trinajstić information content (AvgIpc) is 2.56. The molecule has 1 N–H and O–H groups in total. The lowest BCUT2D eigenvalue weighted by atomic mass is 9.95. The largest absolute Gasteiger partial charge is 0.314 e. The molecule has 0 radical (unpaired) electrons. The number of hydrogen-bond acceptors (Lipinski definition) is 3. The number of unbranched alkanes of at least 4 members (excludes halogenated alkanes) is 1. The Kier molecular flexibility index (Phi) is 4.84. The maximum absolute atomic E-state index is 4.52. The summed E-state index contributed by atoms with van der Waals surface area (Å²) >= 11 is 0. The van der Waals surface area contributed by atoms with Crippen molar-refractivity contribution in [3.05, 3.63) is 42.1 Å². The minimum Gasteiger partial charge on any atom is -0.314 e. The Morgan fingerprint density at radius 3 is 2.81 bits per heavy atom. The van der Waals surface area contributed by atoms with Gasteiger partial charge in [-0.2, -0.15) is 0 Å². The van der Waals surface area contributed by atoms with Gasteiger partial charge in [-0.15, -0.1) is 0 Å². The van der Waals surface area contributed by atoms with Crippen LogP contribution in [0.4, 0.5) is 0 Å². The predicted molar refractivity (Wildman–Crippen MR) is 88.5 cm³/mol. The lowest BCUT2D eigenvalue weighted by Gasteiger charge is -2.35. The van der Waals surface area contributed by atoms with Crippen molar-refractivity contribution in [2.75, 3.05) is 26.2 Å². The highest BCUT2D eigenvalue weighted by Crippen LogP contribution is 2.31. The molecule has 3 nitrogen and oxygen atoms in total. The Hall–Kier alpha value is -1.45. The summed E-state index contributed by atoms with van der Waals surface area (Å²) in [5.74, 6) is 0. The third kappa shape index (κ3) is 3.25. The van der Waals surface area contributed by atoms with Gasteiger partial charge >= 0.3 is 0 Å². The fourth-order valence-electron chi connectivity index (χ4n) is 3.33. The fraction of sp³-hybridized carbons (Fsp3) is 0.500. The molecule has 2 heterocycles. The van der Waals surface area contributed by atoms with Crippen molar-refractivity contribution >= 4 is 10.9 Å². The molecule has 112 valence electrons. The molecule has 0 saturated carbocycles. The fourth-order valence-corrected chi connectivity index (χ4v) is 3.33. The molecule has 3 rings (SSSR count). The van der Waals surface area contributed by atoms with Crippen LogP contribution in [0.2, 0.25) is 0 Å². The van der Waals surface area contributed by atoms with E-state index < -0.39 is 0 Å². The Morgan fingerprint density at radius 2 is 2.00 bits per heavy atom. The van der Waals surface area contributed by atoms with Crippen molar-refractivity contribution in [3.8, 4) is 0 Å². The summed E-state index contributed by atoms with van der Waals surface area (Å²) in [7, 11) is 0. The number of fused-ring (bicyclic) bond motifs is 1. The van der Waals surface area contributed by atoms with Crippen molar-refractivity contribution < 1.29 is 0 Å². The lowest BCUT2D eigenvalue weighted by molar-refractivity contribution is 0.164. The van der Waals surface area contributed by atoms with Crippen LogP contribution in [0.15, 0.2) is 36.5 Å². The summed E-state index contributed by atoms with van der Waals surface area (Å²) in [5.41, 5.74) is 2.57. The first-order chi connectivity index (χ1) is 10.4. The van der Waals surface area contributed by atoms with Crippen LogP contribution in [-0.4, -0.2) is 36.1 Å². The van der Waals surface area contributed by atoms with Gasteiger partial charge in [0, 0.05) is 43.8 Å². The van der Waals surface area contributed by atoms with Crippen molar-refractivity contribution in [2.45, 2.75) is 32.2 Å². The Labute approximate surface area is 127 Å². The second-order valence-corrected chi connectivity index (χ2v) is 5.86. The maximum Gasteiger partial charge on any atom is 0.0705 e. The van der Waals surface area contributed by atoms with Gasteiger partial charge in [0.1, 0.15) is 0 Å². The minimum atomic E-state index is 0.528. The number of hydrogen-bond donors (Lipinski definition) is 1. The van der Waals surface area contributed by atoms with Gasteiger partial charge in [-0.05, 0) is 24.1 Å². The van der Waals surface area contributed by atoms with E-state index in [1.54, 1.807) is 0 Å². The monoisotopic (exact) mass is 283 g/mol. The third-order valence-corrected chi connectivity index (χ3v) is 4.47. The van der Waals surface area contributed by atoms with E-state index in [1.807, 2.05) is 6.20 Å². The Bertz CT molecular complexity index is 570. The van der Waals surface area contributed by atoms with Gasteiger partial charge < -0.3 is 5.32 Å². The van der Waals surface area contributed by atoms with Crippen molar-refractivity contribution in [1.29, 1.82) is 0 Å². The molecule has 0 bridgehead atoms. The Morgan fingerprint density at radius 1 is 1.19 bits per heavy atom. The number of rotatable bonds is 5. The van der Waals surface area contributed by atoms with Crippen LogP contribution in [0.3, 0.4) is 0 Å². The summed E-state index contributed by atoms with van der Waals surface area (Å²) in [6.07, 6.45) is 5.75. The highest BCUT2D eigenvalue weighted by molar-refractivity contribution is 5.82. The van der Waals surface area contributed by atoms with Crippen LogP contribution in [0.5, 0.6) is 0 Å². The smallest absolute Gasteiger partial charge is 0.0705 e.